The SMILES string of the molecule is CC(C)N1CCN(C)CC1CC(C)(C)c1cccc(C(C)(C)Nc2ccccc2)c1. The minimum Gasteiger partial charge on any atom is -0.376 e. The summed E-state index contributed by atoms with van der Waals surface area (Å²) in [5.74, 6) is 0. The molecule has 3 heteroatoms. The third-order valence-electron chi connectivity index (χ3n) is 6.74. The van der Waals surface area contributed by atoms with Gasteiger partial charge >= 0.3 is 0 Å². The average Bonchev–Trinajstić information content (AvgIpc) is 2.68. The highest BCUT2D eigenvalue weighted by Crippen LogP contribution is 2.34. The molecule has 1 saturated heterocycles. The highest BCUT2D eigenvalue weighted by atomic mass is 15.3. The number of nitrogens with one attached hydrogen (secondary N) is 1. The Morgan fingerprint density at radius 3 is 2.27 bits per heavy atom. The molecule has 0 saturated carbocycles. The van der Waals surface area contributed by atoms with Crippen molar-refractivity contribution in [3.63, 3.8) is 0 Å². The molecule has 1 atom stereocenters. The molecule has 0 spiro atoms. The molecule has 1 aliphatic rings. The van der Waals surface area contributed by atoms with Crippen molar-refractivity contribution < 1.29 is 0 Å². The van der Waals surface area contributed by atoms with Crippen LogP contribution in [0.3, 0.4) is 0 Å². The summed E-state index contributed by atoms with van der Waals surface area (Å²) in [7, 11) is 2.26. The van der Waals surface area contributed by atoms with Crippen LogP contribution in [0.25, 0.3) is 0 Å². The maximum atomic E-state index is 3.71. The van der Waals surface area contributed by atoms with E-state index in [1.54, 1.807) is 0 Å². The van der Waals surface area contributed by atoms with E-state index >= 15 is 0 Å². The van der Waals surface area contributed by atoms with Gasteiger partial charge in [-0.25, -0.2) is 0 Å². The van der Waals surface area contributed by atoms with Gasteiger partial charge in [-0.05, 0) is 69.8 Å². The zero-order chi connectivity index (χ0) is 21.9. The first-order chi connectivity index (χ1) is 14.1. The van der Waals surface area contributed by atoms with E-state index in [2.05, 4.69) is 118 Å². The number of likely N-dealkylation sites (N-methyl/N-ethyl adjacent to an activating group) is 1. The van der Waals surface area contributed by atoms with Gasteiger partial charge in [0, 0.05) is 37.4 Å². The number of piperazine rings is 1. The molecule has 164 valence electrons. The lowest BCUT2D eigenvalue weighted by Gasteiger charge is -2.45. The third-order valence-corrected chi connectivity index (χ3v) is 6.74. The normalized spacial score (nSPS) is 19.3. The second kappa shape index (κ2) is 9.11. The Morgan fingerprint density at radius 1 is 0.933 bits per heavy atom. The van der Waals surface area contributed by atoms with Crippen LogP contribution in [0.1, 0.15) is 59.1 Å². The molecule has 3 nitrogen and oxygen atoms in total. The van der Waals surface area contributed by atoms with E-state index in [1.165, 1.54) is 30.6 Å². The Labute approximate surface area is 184 Å². The number of nitrogens with zero attached hydrogens (tertiary/aromatic N) is 2. The lowest BCUT2D eigenvalue weighted by atomic mass is 9.76. The van der Waals surface area contributed by atoms with Gasteiger partial charge in [-0.3, -0.25) is 4.90 Å². The lowest BCUT2D eigenvalue weighted by Crippen LogP contribution is -2.55. The molecule has 0 aromatic heterocycles. The van der Waals surface area contributed by atoms with Crippen molar-refractivity contribution in [3.05, 3.63) is 65.7 Å². The third kappa shape index (κ3) is 5.44. The summed E-state index contributed by atoms with van der Waals surface area (Å²) in [6, 6.07) is 20.9. The van der Waals surface area contributed by atoms with Gasteiger partial charge in [0.15, 0.2) is 0 Å². The molecule has 1 N–H and O–H groups in total. The van der Waals surface area contributed by atoms with Crippen molar-refractivity contribution in [1.29, 1.82) is 0 Å². The molecular formula is C27H41N3. The predicted molar refractivity (Wildman–Crippen MR) is 130 cm³/mol. The fourth-order valence-corrected chi connectivity index (χ4v) is 4.88. The first-order valence-electron chi connectivity index (χ1n) is 11.5. The monoisotopic (exact) mass is 407 g/mol. The second-order valence-corrected chi connectivity index (χ2v) is 10.5. The summed E-state index contributed by atoms with van der Waals surface area (Å²) in [5.41, 5.74) is 3.90. The van der Waals surface area contributed by atoms with Crippen LogP contribution in [0.4, 0.5) is 5.69 Å². The highest BCUT2D eigenvalue weighted by Gasteiger charge is 2.33. The van der Waals surface area contributed by atoms with Gasteiger partial charge in [0.2, 0.25) is 0 Å². The largest absolute Gasteiger partial charge is 0.376 e. The molecule has 0 amide bonds. The summed E-state index contributed by atoms with van der Waals surface area (Å²) in [5, 5.41) is 3.71. The van der Waals surface area contributed by atoms with Crippen LogP contribution in [0.5, 0.6) is 0 Å². The van der Waals surface area contributed by atoms with Crippen molar-refractivity contribution in [3.8, 4) is 0 Å². The number of hydrogen-bond donors (Lipinski definition) is 1. The fourth-order valence-electron chi connectivity index (χ4n) is 4.88. The standard InChI is InChI=1S/C27H41N3/c1-21(2)30-17-16-29(7)20-25(30)19-26(3,4)22-12-11-13-23(18-22)27(5,6)28-24-14-9-8-10-15-24/h8-15,18,21,25,28H,16-17,19-20H2,1-7H3. The molecular weight excluding hydrogens is 366 g/mol. The number of para-hydroxylation sites is 1. The summed E-state index contributed by atoms with van der Waals surface area (Å²) < 4.78 is 0. The van der Waals surface area contributed by atoms with Crippen LogP contribution < -0.4 is 5.32 Å². The summed E-state index contributed by atoms with van der Waals surface area (Å²) in [6.45, 7) is 17.5. The van der Waals surface area contributed by atoms with E-state index in [0.29, 0.717) is 12.1 Å². The minimum absolute atomic E-state index is 0.120. The van der Waals surface area contributed by atoms with Gasteiger partial charge in [0.1, 0.15) is 0 Å². The van der Waals surface area contributed by atoms with Crippen molar-refractivity contribution in [2.75, 3.05) is 32.0 Å². The summed E-state index contributed by atoms with van der Waals surface area (Å²) >= 11 is 0. The summed E-state index contributed by atoms with van der Waals surface area (Å²) in [6.07, 6.45) is 1.17. The van der Waals surface area contributed by atoms with E-state index in [9.17, 15) is 0 Å². The fraction of sp³-hybridized carbons (Fsp3) is 0.556. The van der Waals surface area contributed by atoms with Gasteiger partial charge in [-0.2, -0.15) is 0 Å². The molecule has 30 heavy (non-hydrogen) atoms. The Balaban J connectivity index is 1.81. The van der Waals surface area contributed by atoms with Crippen LogP contribution in [0, 0.1) is 0 Å². The van der Waals surface area contributed by atoms with Gasteiger partial charge in [0.05, 0.1) is 5.54 Å². The smallest absolute Gasteiger partial charge is 0.0569 e. The average molecular weight is 408 g/mol. The van der Waals surface area contributed by atoms with E-state index in [0.717, 1.165) is 12.2 Å². The molecule has 0 aliphatic carbocycles. The molecule has 2 aromatic rings. The summed E-state index contributed by atoms with van der Waals surface area (Å²) in [4.78, 5) is 5.19. The zero-order valence-corrected chi connectivity index (χ0v) is 20.1. The molecule has 1 aliphatic heterocycles. The Bertz CT molecular complexity index is 810. The van der Waals surface area contributed by atoms with Crippen LogP contribution in [0.2, 0.25) is 0 Å². The Kier molecular flexibility index (Phi) is 6.94. The number of anilines is 1. The lowest BCUT2D eigenvalue weighted by molar-refractivity contribution is 0.0489. The molecule has 3 rings (SSSR count). The van der Waals surface area contributed by atoms with Gasteiger partial charge in [-0.15, -0.1) is 0 Å². The Hall–Kier alpha value is -1.84. The molecule has 2 aromatic carbocycles. The number of benzene rings is 2. The topological polar surface area (TPSA) is 18.5 Å². The molecule has 0 bridgehead atoms. The minimum atomic E-state index is -0.136. The van der Waals surface area contributed by atoms with Gasteiger partial charge < -0.3 is 10.2 Å². The molecule has 0 radical (unpaired) electrons. The van der Waals surface area contributed by atoms with E-state index in [4.69, 9.17) is 0 Å². The van der Waals surface area contributed by atoms with E-state index in [-0.39, 0.29) is 11.0 Å². The molecule has 1 fully saturated rings. The van der Waals surface area contributed by atoms with Crippen LogP contribution in [0.15, 0.2) is 54.6 Å². The van der Waals surface area contributed by atoms with Crippen molar-refractivity contribution in [2.45, 2.75) is 71.0 Å². The van der Waals surface area contributed by atoms with E-state index in [1.807, 2.05) is 0 Å². The van der Waals surface area contributed by atoms with Crippen LogP contribution in [-0.4, -0.2) is 48.6 Å². The quantitative estimate of drug-likeness (QED) is 0.633. The van der Waals surface area contributed by atoms with Crippen molar-refractivity contribution in [1.82, 2.24) is 9.80 Å². The molecule has 1 unspecified atom stereocenters. The van der Waals surface area contributed by atoms with Crippen molar-refractivity contribution in [2.24, 2.45) is 0 Å². The highest BCUT2D eigenvalue weighted by molar-refractivity contribution is 5.48. The van der Waals surface area contributed by atoms with Gasteiger partial charge in [-0.1, -0.05) is 56.3 Å². The number of hydrogen-bond acceptors (Lipinski definition) is 3. The van der Waals surface area contributed by atoms with Crippen molar-refractivity contribution >= 4 is 5.69 Å². The Morgan fingerprint density at radius 2 is 1.60 bits per heavy atom. The van der Waals surface area contributed by atoms with Crippen LogP contribution >= 0.6 is 0 Å². The first kappa shape index (κ1) is 22.8. The van der Waals surface area contributed by atoms with Crippen LogP contribution in [-0.2, 0) is 11.0 Å². The maximum absolute atomic E-state index is 3.71. The number of rotatable bonds is 7. The first-order valence-corrected chi connectivity index (χ1v) is 11.5. The second-order valence-electron chi connectivity index (χ2n) is 10.5. The van der Waals surface area contributed by atoms with Gasteiger partial charge in [0.25, 0.3) is 0 Å². The zero-order valence-electron chi connectivity index (χ0n) is 20.1. The molecule has 1 heterocycles. The van der Waals surface area contributed by atoms with E-state index < -0.39 is 0 Å². The predicted octanol–water partition coefficient (Wildman–Crippen LogP) is 5.73. The maximum Gasteiger partial charge on any atom is 0.0569 e.